The molecule has 24 heavy (non-hydrogen) atoms. The van der Waals surface area contributed by atoms with Crippen molar-refractivity contribution in [3.05, 3.63) is 65.4 Å². The lowest BCUT2D eigenvalue weighted by Crippen LogP contribution is -2.24. The summed E-state index contributed by atoms with van der Waals surface area (Å²) in [4.78, 5) is 0.203. The molecule has 0 saturated heterocycles. The quantitative estimate of drug-likeness (QED) is 0.771. The van der Waals surface area contributed by atoms with Gasteiger partial charge in [0, 0.05) is 0 Å². The first kappa shape index (κ1) is 16.5. The second kappa shape index (κ2) is 6.26. The minimum atomic E-state index is -3.69. The van der Waals surface area contributed by atoms with Crippen molar-refractivity contribution < 1.29 is 12.8 Å². The van der Waals surface area contributed by atoms with Gasteiger partial charge in [-0.2, -0.15) is 5.10 Å². The molecule has 0 bridgehead atoms. The molecule has 1 aromatic carbocycles. The highest BCUT2D eigenvalue weighted by Crippen LogP contribution is 2.22. The lowest BCUT2D eigenvalue weighted by molar-refractivity contribution is 0.475. The van der Waals surface area contributed by atoms with Crippen LogP contribution < -0.4 is 4.72 Å². The van der Waals surface area contributed by atoms with Crippen LogP contribution in [0.15, 0.2) is 51.8 Å². The Labute approximate surface area is 141 Å². The summed E-state index contributed by atoms with van der Waals surface area (Å²) < 4.78 is 35.0. The first-order valence-electron chi connectivity index (χ1n) is 7.55. The van der Waals surface area contributed by atoms with Crippen LogP contribution in [0.5, 0.6) is 0 Å². The molecule has 2 heterocycles. The van der Waals surface area contributed by atoms with Crippen molar-refractivity contribution in [3.63, 3.8) is 0 Å². The molecule has 0 atom stereocenters. The van der Waals surface area contributed by atoms with Gasteiger partial charge in [0.25, 0.3) is 0 Å². The fourth-order valence-corrected chi connectivity index (χ4v) is 4.04. The predicted octanol–water partition coefficient (Wildman–Crippen LogP) is 2.87. The van der Waals surface area contributed by atoms with E-state index in [0.29, 0.717) is 17.1 Å². The summed E-state index contributed by atoms with van der Waals surface area (Å²) >= 11 is 0. The second-order valence-electron chi connectivity index (χ2n) is 5.58. The molecule has 6 nitrogen and oxygen atoms in total. The summed E-state index contributed by atoms with van der Waals surface area (Å²) in [5, 5.41) is 4.38. The first-order chi connectivity index (χ1) is 11.4. The predicted molar refractivity (Wildman–Crippen MR) is 90.5 cm³/mol. The van der Waals surface area contributed by atoms with Crippen LogP contribution in [0.3, 0.4) is 0 Å². The maximum Gasteiger partial charge on any atom is 0.244 e. The lowest BCUT2D eigenvalue weighted by atomic mass is 10.3. The van der Waals surface area contributed by atoms with Crippen molar-refractivity contribution in [1.82, 2.24) is 14.5 Å². The third-order valence-corrected chi connectivity index (χ3v) is 5.38. The van der Waals surface area contributed by atoms with E-state index in [1.54, 1.807) is 30.7 Å². The van der Waals surface area contributed by atoms with Crippen LogP contribution in [0.2, 0.25) is 0 Å². The Morgan fingerprint density at radius 2 is 1.79 bits per heavy atom. The van der Waals surface area contributed by atoms with Crippen molar-refractivity contribution in [2.45, 2.75) is 32.2 Å². The number of aromatic nitrogens is 2. The van der Waals surface area contributed by atoms with Crippen LogP contribution in [0.4, 0.5) is 0 Å². The Hall–Kier alpha value is -2.38. The van der Waals surface area contributed by atoms with Crippen LogP contribution in [-0.4, -0.2) is 18.2 Å². The molecule has 1 N–H and O–H groups in total. The van der Waals surface area contributed by atoms with Crippen molar-refractivity contribution in [2.24, 2.45) is 0 Å². The van der Waals surface area contributed by atoms with Gasteiger partial charge in [0.2, 0.25) is 10.0 Å². The van der Waals surface area contributed by atoms with Gasteiger partial charge >= 0.3 is 0 Å². The molecule has 3 rings (SSSR count). The van der Waals surface area contributed by atoms with Gasteiger partial charge in [-0.05, 0) is 45.0 Å². The number of benzene rings is 1. The Morgan fingerprint density at radius 3 is 2.42 bits per heavy atom. The molecular formula is C17H19N3O3S. The Bertz CT molecular complexity index is 956. The van der Waals surface area contributed by atoms with Crippen molar-refractivity contribution in [1.29, 1.82) is 0 Å². The molecular weight excluding hydrogens is 326 g/mol. The van der Waals surface area contributed by atoms with Crippen molar-refractivity contribution in [3.8, 4) is 5.69 Å². The van der Waals surface area contributed by atoms with Gasteiger partial charge in [0.15, 0.2) is 0 Å². The molecule has 3 aromatic rings. The molecule has 0 aliphatic heterocycles. The van der Waals surface area contributed by atoms with Crippen LogP contribution in [0, 0.1) is 20.8 Å². The van der Waals surface area contributed by atoms with Gasteiger partial charge < -0.3 is 4.42 Å². The zero-order valence-electron chi connectivity index (χ0n) is 13.8. The topological polar surface area (TPSA) is 77.1 Å². The lowest BCUT2D eigenvalue weighted by Gasteiger charge is -2.07. The van der Waals surface area contributed by atoms with E-state index in [1.165, 1.54) is 0 Å². The number of rotatable bonds is 5. The minimum absolute atomic E-state index is 0.103. The van der Waals surface area contributed by atoms with Crippen LogP contribution in [-0.2, 0) is 16.6 Å². The minimum Gasteiger partial charge on any atom is -0.465 e. The number of hydrogen-bond acceptors (Lipinski definition) is 4. The Kier molecular flexibility index (Phi) is 4.29. The SMILES string of the molecule is Cc1ccc(CNS(=O)(=O)c2c(C)nn(-c3ccccc3)c2C)o1. The Morgan fingerprint density at radius 1 is 1.08 bits per heavy atom. The van der Waals surface area contributed by atoms with Gasteiger partial charge in [0.1, 0.15) is 16.4 Å². The fourth-order valence-electron chi connectivity index (χ4n) is 2.66. The number of aryl methyl sites for hydroxylation is 2. The molecule has 7 heteroatoms. The van der Waals surface area contributed by atoms with Gasteiger partial charge in [-0.3, -0.25) is 0 Å². The van der Waals surface area contributed by atoms with Crippen molar-refractivity contribution in [2.75, 3.05) is 0 Å². The summed E-state index contributed by atoms with van der Waals surface area (Å²) in [5.41, 5.74) is 1.85. The van der Waals surface area contributed by atoms with Gasteiger partial charge in [-0.1, -0.05) is 18.2 Å². The standard InChI is InChI=1S/C17H19N3O3S/c1-12-9-10-16(23-12)11-18-24(21,22)17-13(2)19-20(14(17)3)15-7-5-4-6-8-15/h4-10,18H,11H2,1-3H3. The third kappa shape index (κ3) is 3.13. The molecule has 0 saturated carbocycles. The number of nitrogens with one attached hydrogen (secondary N) is 1. The Balaban J connectivity index is 1.92. The molecule has 0 unspecified atom stereocenters. The molecule has 0 amide bonds. The second-order valence-corrected chi connectivity index (χ2v) is 7.29. The smallest absolute Gasteiger partial charge is 0.244 e. The fraction of sp³-hybridized carbons (Fsp3) is 0.235. The molecule has 2 aromatic heterocycles. The van der Waals surface area contributed by atoms with E-state index >= 15 is 0 Å². The van der Waals surface area contributed by atoms with E-state index in [4.69, 9.17) is 4.42 Å². The number of sulfonamides is 1. The number of para-hydroxylation sites is 1. The summed E-state index contributed by atoms with van der Waals surface area (Å²) in [6.07, 6.45) is 0. The summed E-state index contributed by atoms with van der Waals surface area (Å²) in [6, 6.07) is 13.0. The van der Waals surface area contributed by atoms with E-state index in [0.717, 1.165) is 11.4 Å². The van der Waals surface area contributed by atoms with E-state index in [2.05, 4.69) is 9.82 Å². The van der Waals surface area contributed by atoms with Gasteiger partial charge in [-0.15, -0.1) is 0 Å². The third-order valence-electron chi connectivity index (χ3n) is 3.73. The summed E-state index contributed by atoms with van der Waals surface area (Å²) in [5.74, 6) is 1.32. The molecule has 0 radical (unpaired) electrons. The van der Waals surface area contributed by atoms with E-state index in [9.17, 15) is 8.42 Å². The number of furan rings is 1. The van der Waals surface area contributed by atoms with E-state index in [1.807, 2.05) is 37.3 Å². The highest BCUT2D eigenvalue weighted by molar-refractivity contribution is 7.89. The largest absolute Gasteiger partial charge is 0.465 e. The highest BCUT2D eigenvalue weighted by atomic mass is 32.2. The maximum absolute atomic E-state index is 12.7. The molecule has 0 spiro atoms. The average molecular weight is 345 g/mol. The first-order valence-corrected chi connectivity index (χ1v) is 9.03. The van der Waals surface area contributed by atoms with Gasteiger partial charge in [-0.25, -0.2) is 17.8 Å². The number of nitrogens with zero attached hydrogens (tertiary/aromatic N) is 2. The zero-order chi connectivity index (χ0) is 17.3. The highest BCUT2D eigenvalue weighted by Gasteiger charge is 2.25. The number of hydrogen-bond donors (Lipinski definition) is 1. The molecule has 0 aliphatic rings. The monoisotopic (exact) mass is 345 g/mol. The molecule has 0 aliphatic carbocycles. The zero-order valence-corrected chi connectivity index (χ0v) is 14.6. The summed E-state index contributed by atoms with van der Waals surface area (Å²) in [6.45, 7) is 5.36. The van der Waals surface area contributed by atoms with Crippen molar-refractivity contribution >= 4 is 10.0 Å². The normalized spacial score (nSPS) is 11.8. The van der Waals surface area contributed by atoms with Gasteiger partial charge in [0.05, 0.1) is 23.6 Å². The molecule has 0 fully saturated rings. The van der Waals surface area contributed by atoms with Crippen LogP contribution in [0.1, 0.15) is 22.9 Å². The average Bonchev–Trinajstić information content (AvgIpc) is 3.09. The van der Waals surface area contributed by atoms with E-state index < -0.39 is 10.0 Å². The van der Waals surface area contributed by atoms with Crippen LogP contribution >= 0.6 is 0 Å². The van der Waals surface area contributed by atoms with E-state index in [-0.39, 0.29) is 11.4 Å². The maximum atomic E-state index is 12.7. The molecule has 126 valence electrons. The summed E-state index contributed by atoms with van der Waals surface area (Å²) in [7, 11) is -3.69. The van der Waals surface area contributed by atoms with Crippen LogP contribution in [0.25, 0.3) is 5.69 Å².